The molecule has 2 nitrogen and oxygen atoms in total. The van der Waals surface area contributed by atoms with Crippen LogP contribution in [0.1, 0.15) is 24.8 Å². The topological polar surface area (TPSA) is 15.3 Å². The molecule has 6 heteroatoms. The summed E-state index contributed by atoms with van der Waals surface area (Å²) in [5.74, 6) is 0. The van der Waals surface area contributed by atoms with Crippen LogP contribution in [0.25, 0.3) is 0 Å². The predicted molar refractivity (Wildman–Crippen MR) is 75.2 cm³/mol. The second-order valence-corrected chi connectivity index (χ2v) is 5.68. The molecule has 20 heavy (non-hydrogen) atoms. The second-order valence-electron chi connectivity index (χ2n) is 5.27. The Morgan fingerprint density at radius 1 is 1.25 bits per heavy atom. The van der Waals surface area contributed by atoms with Crippen LogP contribution in [0.15, 0.2) is 18.2 Å². The summed E-state index contributed by atoms with van der Waals surface area (Å²) in [6, 6.07) is 4.21. The Bertz CT molecular complexity index is 462. The van der Waals surface area contributed by atoms with Gasteiger partial charge in [0.25, 0.3) is 0 Å². The summed E-state index contributed by atoms with van der Waals surface area (Å²) in [6.45, 7) is 1.99. The van der Waals surface area contributed by atoms with Gasteiger partial charge in [0.05, 0.1) is 10.6 Å². The zero-order valence-corrected chi connectivity index (χ0v) is 12.1. The van der Waals surface area contributed by atoms with E-state index in [9.17, 15) is 13.2 Å². The molecule has 0 aromatic heterocycles. The lowest BCUT2D eigenvalue weighted by Crippen LogP contribution is -2.23. The second kappa shape index (κ2) is 6.22. The summed E-state index contributed by atoms with van der Waals surface area (Å²) in [7, 11) is 2.06. The normalized spacial score (nSPS) is 21.6. The van der Waals surface area contributed by atoms with Gasteiger partial charge in [-0.25, -0.2) is 0 Å². The number of benzene rings is 1. The summed E-state index contributed by atoms with van der Waals surface area (Å²) >= 11 is 5.61. The fourth-order valence-corrected chi connectivity index (χ4v) is 2.68. The predicted octanol–water partition coefficient (Wildman–Crippen LogP) is 4.26. The largest absolute Gasteiger partial charge is 0.417 e. The molecule has 0 bridgehead atoms. The summed E-state index contributed by atoms with van der Waals surface area (Å²) in [5.41, 5.74) is -0.300. The molecule has 1 aliphatic rings. The molecule has 0 radical (unpaired) electrons. The van der Waals surface area contributed by atoms with E-state index in [1.165, 1.54) is 6.07 Å². The van der Waals surface area contributed by atoms with Gasteiger partial charge in [-0.15, -0.1) is 0 Å². The first-order valence-corrected chi connectivity index (χ1v) is 7.06. The van der Waals surface area contributed by atoms with Crippen LogP contribution < -0.4 is 5.32 Å². The highest BCUT2D eigenvalue weighted by Gasteiger charge is 2.33. The fourth-order valence-electron chi connectivity index (χ4n) is 2.45. The number of rotatable bonds is 2. The van der Waals surface area contributed by atoms with Crippen molar-refractivity contribution in [3.8, 4) is 0 Å². The Hall–Kier alpha value is -0.940. The molecular weight excluding hydrogens is 289 g/mol. The van der Waals surface area contributed by atoms with Gasteiger partial charge in [0, 0.05) is 11.7 Å². The number of nitrogens with zero attached hydrogens (tertiary/aromatic N) is 1. The van der Waals surface area contributed by atoms with Gasteiger partial charge in [0.15, 0.2) is 0 Å². The SMILES string of the molecule is CN1CCCC(Nc2ccc(Cl)c(C(F)(F)F)c2)CC1. The molecule has 1 saturated heterocycles. The number of anilines is 1. The van der Waals surface area contributed by atoms with Gasteiger partial charge in [-0.3, -0.25) is 0 Å². The van der Waals surface area contributed by atoms with Crippen molar-refractivity contribution in [3.63, 3.8) is 0 Å². The van der Waals surface area contributed by atoms with E-state index in [0.717, 1.165) is 38.4 Å². The van der Waals surface area contributed by atoms with E-state index in [-0.39, 0.29) is 11.1 Å². The Morgan fingerprint density at radius 3 is 2.70 bits per heavy atom. The van der Waals surface area contributed by atoms with Crippen LogP contribution in [0.3, 0.4) is 0 Å². The first-order valence-electron chi connectivity index (χ1n) is 6.68. The molecular formula is C14H18ClF3N2. The van der Waals surface area contributed by atoms with Crippen LogP contribution >= 0.6 is 11.6 Å². The minimum Gasteiger partial charge on any atom is -0.382 e. The lowest BCUT2D eigenvalue weighted by atomic mass is 10.1. The van der Waals surface area contributed by atoms with Gasteiger partial charge in [-0.2, -0.15) is 13.2 Å². The van der Waals surface area contributed by atoms with Crippen molar-refractivity contribution in [2.75, 3.05) is 25.5 Å². The van der Waals surface area contributed by atoms with E-state index < -0.39 is 11.7 Å². The summed E-state index contributed by atoms with van der Waals surface area (Å²) in [5, 5.41) is 2.94. The number of alkyl halides is 3. The van der Waals surface area contributed by atoms with Gasteiger partial charge < -0.3 is 10.2 Å². The van der Waals surface area contributed by atoms with E-state index in [1.54, 1.807) is 6.07 Å². The molecule has 0 aliphatic carbocycles. The quantitative estimate of drug-likeness (QED) is 0.878. The molecule has 0 amide bonds. The Morgan fingerprint density at radius 2 is 2.00 bits per heavy atom. The van der Waals surface area contributed by atoms with Crippen molar-refractivity contribution in [1.29, 1.82) is 0 Å². The van der Waals surface area contributed by atoms with Crippen molar-refractivity contribution in [2.24, 2.45) is 0 Å². The number of nitrogens with one attached hydrogen (secondary N) is 1. The number of halogens is 4. The zero-order chi connectivity index (χ0) is 14.8. The van der Waals surface area contributed by atoms with Gasteiger partial charge in [-0.05, 0) is 57.6 Å². The smallest absolute Gasteiger partial charge is 0.382 e. The highest BCUT2D eigenvalue weighted by Crippen LogP contribution is 2.36. The molecule has 1 aromatic carbocycles. The first kappa shape index (κ1) is 15.4. The third-order valence-electron chi connectivity index (χ3n) is 3.59. The van der Waals surface area contributed by atoms with Crippen molar-refractivity contribution in [2.45, 2.75) is 31.5 Å². The first-order chi connectivity index (χ1) is 9.36. The Balaban J connectivity index is 2.10. The molecule has 2 rings (SSSR count). The minimum absolute atomic E-state index is 0.210. The average Bonchev–Trinajstić information content (AvgIpc) is 2.55. The third kappa shape index (κ3) is 4.03. The van der Waals surface area contributed by atoms with E-state index >= 15 is 0 Å². The maximum absolute atomic E-state index is 12.8. The van der Waals surface area contributed by atoms with Gasteiger partial charge in [0.2, 0.25) is 0 Å². The zero-order valence-electron chi connectivity index (χ0n) is 11.3. The lowest BCUT2D eigenvalue weighted by molar-refractivity contribution is -0.137. The van der Waals surface area contributed by atoms with E-state index in [1.807, 2.05) is 0 Å². The van der Waals surface area contributed by atoms with Crippen molar-refractivity contribution in [1.82, 2.24) is 4.90 Å². The highest BCUT2D eigenvalue weighted by molar-refractivity contribution is 6.31. The van der Waals surface area contributed by atoms with Crippen LogP contribution in [0.5, 0.6) is 0 Å². The summed E-state index contributed by atoms with van der Waals surface area (Å²) in [6.07, 6.45) is -1.47. The van der Waals surface area contributed by atoms with E-state index in [4.69, 9.17) is 11.6 Å². The van der Waals surface area contributed by atoms with Crippen molar-refractivity contribution >= 4 is 17.3 Å². The standard InChI is InChI=1S/C14H18ClF3N2/c1-20-7-2-3-10(6-8-20)19-11-4-5-13(15)12(9-11)14(16,17)18/h4-5,9-10,19H,2-3,6-8H2,1H3. The lowest BCUT2D eigenvalue weighted by Gasteiger charge is -2.19. The van der Waals surface area contributed by atoms with Gasteiger partial charge >= 0.3 is 6.18 Å². The van der Waals surface area contributed by atoms with Crippen LogP contribution in [0.2, 0.25) is 5.02 Å². The van der Waals surface area contributed by atoms with E-state index in [0.29, 0.717) is 5.69 Å². The molecule has 1 atom stereocenters. The maximum atomic E-state index is 12.8. The van der Waals surface area contributed by atoms with Crippen molar-refractivity contribution in [3.05, 3.63) is 28.8 Å². The summed E-state index contributed by atoms with van der Waals surface area (Å²) < 4.78 is 38.4. The Labute approximate surface area is 121 Å². The summed E-state index contributed by atoms with van der Waals surface area (Å²) in [4.78, 5) is 2.24. The maximum Gasteiger partial charge on any atom is 0.417 e. The number of hydrogen-bond donors (Lipinski definition) is 1. The van der Waals surface area contributed by atoms with Gasteiger partial charge in [-0.1, -0.05) is 11.6 Å². The number of hydrogen-bond acceptors (Lipinski definition) is 2. The van der Waals surface area contributed by atoms with E-state index in [2.05, 4.69) is 17.3 Å². The van der Waals surface area contributed by atoms with Crippen LogP contribution in [-0.4, -0.2) is 31.1 Å². The molecule has 1 unspecified atom stereocenters. The molecule has 1 aromatic rings. The molecule has 0 spiro atoms. The van der Waals surface area contributed by atoms with Crippen molar-refractivity contribution < 1.29 is 13.2 Å². The minimum atomic E-state index is -4.42. The molecule has 1 fully saturated rings. The van der Waals surface area contributed by atoms with Crippen LogP contribution in [0.4, 0.5) is 18.9 Å². The fraction of sp³-hybridized carbons (Fsp3) is 0.571. The number of likely N-dealkylation sites (tertiary alicyclic amines) is 1. The monoisotopic (exact) mass is 306 g/mol. The molecule has 1 heterocycles. The average molecular weight is 307 g/mol. The molecule has 112 valence electrons. The van der Waals surface area contributed by atoms with Gasteiger partial charge in [0.1, 0.15) is 0 Å². The van der Waals surface area contributed by atoms with Crippen LogP contribution in [-0.2, 0) is 6.18 Å². The molecule has 0 saturated carbocycles. The molecule has 1 aliphatic heterocycles. The highest BCUT2D eigenvalue weighted by atomic mass is 35.5. The third-order valence-corrected chi connectivity index (χ3v) is 3.92. The van der Waals surface area contributed by atoms with Crippen LogP contribution in [0, 0.1) is 0 Å². The Kier molecular flexibility index (Phi) is 4.81. The molecule has 1 N–H and O–H groups in total.